The van der Waals surface area contributed by atoms with Crippen LogP contribution >= 0.6 is 0 Å². The molecule has 0 aromatic carbocycles. The number of hydrogen-bond acceptors (Lipinski definition) is 2. The number of ether oxygens (including phenoxy) is 1. The third kappa shape index (κ3) is 2.24. The average molecular weight is 165 g/mol. The van der Waals surface area contributed by atoms with Gasteiger partial charge in [0.05, 0.1) is 0 Å². The lowest BCUT2D eigenvalue weighted by Crippen LogP contribution is -2.17. The summed E-state index contributed by atoms with van der Waals surface area (Å²) >= 11 is 0. The van der Waals surface area contributed by atoms with E-state index < -0.39 is 0 Å². The van der Waals surface area contributed by atoms with E-state index in [-0.39, 0.29) is 0 Å². The standard InChI is InChI=1S/C10H15NO/c1-3-5-10-9(4-2)8-11-6-7-12-10/h3-5,11H,1,6-8H2,2H3/b9-4-,10-5+. The second kappa shape index (κ2) is 4.78. The lowest BCUT2D eigenvalue weighted by Gasteiger charge is -2.06. The van der Waals surface area contributed by atoms with Crippen LogP contribution < -0.4 is 5.32 Å². The van der Waals surface area contributed by atoms with E-state index in [0.717, 1.165) is 25.5 Å². The van der Waals surface area contributed by atoms with Gasteiger partial charge in [-0.05, 0) is 13.0 Å². The van der Waals surface area contributed by atoms with Crippen LogP contribution in [0.5, 0.6) is 0 Å². The van der Waals surface area contributed by atoms with Crippen molar-refractivity contribution in [2.75, 3.05) is 19.7 Å². The van der Waals surface area contributed by atoms with Gasteiger partial charge in [-0.2, -0.15) is 0 Å². The normalized spacial score (nSPS) is 25.1. The molecule has 0 atom stereocenters. The van der Waals surface area contributed by atoms with Gasteiger partial charge in [0.25, 0.3) is 0 Å². The highest BCUT2D eigenvalue weighted by molar-refractivity contribution is 5.30. The molecule has 1 N–H and O–H groups in total. The van der Waals surface area contributed by atoms with Crippen LogP contribution in [0.4, 0.5) is 0 Å². The summed E-state index contributed by atoms with van der Waals surface area (Å²) in [6, 6.07) is 0. The van der Waals surface area contributed by atoms with Crippen molar-refractivity contribution in [3.8, 4) is 0 Å². The maximum atomic E-state index is 5.51. The van der Waals surface area contributed by atoms with Gasteiger partial charge in [-0.1, -0.05) is 18.7 Å². The van der Waals surface area contributed by atoms with Crippen molar-refractivity contribution in [3.05, 3.63) is 36.1 Å². The van der Waals surface area contributed by atoms with Gasteiger partial charge >= 0.3 is 0 Å². The van der Waals surface area contributed by atoms with E-state index >= 15 is 0 Å². The van der Waals surface area contributed by atoms with Crippen LogP contribution in [0.25, 0.3) is 0 Å². The van der Waals surface area contributed by atoms with Gasteiger partial charge in [0.15, 0.2) is 0 Å². The van der Waals surface area contributed by atoms with Crippen molar-refractivity contribution >= 4 is 0 Å². The Bertz CT molecular complexity index is 216. The maximum Gasteiger partial charge on any atom is 0.123 e. The Morgan fingerprint density at radius 3 is 3.08 bits per heavy atom. The largest absolute Gasteiger partial charge is 0.492 e. The minimum atomic E-state index is 0.733. The fraction of sp³-hybridized carbons (Fsp3) is 0.400. The van der Waals surface area contributed by atoms with E-state index in [9.17, 15) is 0 Å². The molecule has 0 saturated carbocycles. The van der Waals surface area contributed by atoms with Crippen molar-refractivity contribution in [2.45, 2.75) is 6.92 Å². The molecule has 1 heterocycles. The molecule has 1 saturated heterocycles. The molecule has 0 unspecified atom stereocenters. The quantitative estimate of drug-likeness (QED) is 0.637. The second-order valence-corrected chi connectivity index (χ2v) is 2.61. The molecule has 0 bridgehead atoms. The minimum Gasteiger partial charge on any atom is -0.492 e. The molecule has 0 aromatic rings. The Morgan fingerprint density at radius 1 is 1.58 bits per heavy atom. The van der Waals surface area contributed by atoms with Crippen molar-refractivity contribution in [2.24, 2.45) is 0 Å². The Labute approximate surface area is 73.6 Å². The summed E-state index contributed by atoms with van der Waals surface area (Å²) < 4.78 is 5.51. The van der Waals surface area contributed by atoms with Crippen LogP contribution in [0.1, 0.15) is 6.92 Å². The Kier molecular flexibility index (Phi) is 3.61. The number of nitrogens with one attached hydrogen (secondary N) is 1. The Morgan fingerprint density at radius 2 is 2.42 bits per heavy atom. The van der Waals surface area contributed by atoms with Crippen LogP contribution in [-0.2, 0) is 4.74 Å². The molecule has 66 valence electrons. The van der Waals surface area contributed by atoms with Gasteiger partial charge in [0, 0.05) is 18.7 Å². The van der Waals surface area contributed by atoms with E-state index in [2.05, 4.69) is 18.0 Å². The van der Waals surface area contributed by atoms with Gasteiger partial charge in [0.1, 0.15) is 12.4 Å². The van der Waals surface area contributed by atoms with Crippen molar-refractivity contribution in [3.63, 3.8) is 0 Å². The molecular weight excluding hydrogens is 150 g/mol. The molecule has 2 nitrogen and oxygen atoms in total. The smallest absolute Gasteiger partial charge is 0.123 e. The molecule has 1 fully saturated rings. The molecule has 0 radical (unpaired) electrons. The summed E-state index contributed by atoms with van der Waals surface area (Å²) in [5, 5.41) is 3.27. The zero-order valence-corrected chi connectivity index (χ0v) is 7.47. The van der Waals surface area contributed by atoms with E-state index in [1.807, 2.05) is 13.0 Å². The Balaban J connectivity index is 2.78. The summed E-state index contributed by atoms with van der Waals surface area (Å²) in [5.41, 5.74) is 1.20. The summed E-state index contributed by atoms with van der Waals surface area (Å²) in [4.78, 5) is 0. The van der Waals surface area contributed by atoms with Crippen LogP contribution in [0.3, 0.4) is 0 Å². The summed E-state index contributed by atoms with van der Waals surface area (Å²) in [6.07, 6.45) is 5.72. The lowest BCUT2D eigenvalue weighted by molar-refractivity contribution is 0.233. The third-order valence-corrected chi connectivity index (χ3v) is 1.79. The molecule has 0 aromatic heterocycles. The maximum absolute atomic E-state index is 5.51. The van der Waals surface area contributed by atoms with E-state index in [1.165, 1.54) is 5.57 Å². The molecule has 1 aliphatic rings. The minimum absolute atomic E-state index is 0.733. The first-order valence-corrected chi connectivity index (χ1v) is 4.20. The molecule has 1 rings (SSSR count). The number of allylic oxidation sites excluding steroid dienone is 3. The van der Waals surface area contributed by atoms with Gasteiger partial charge < -0.3 is 10.1 Å². The monoisotopic (exact) mass is 165 g/mol. The first-order valence-electron chi connectivity index (χ1n) is 4.20. The summed E-state index contributed by atoms with van der Waals surface area (Å²) in [5.74, 6) is 0.942. The second-order valence-electron chi connectivity index (χ2n) is 2.61. The topological polar surface area (TPSA) is 21.3 Å². The van der Waals surface area contributed by atoms with Gasteiger partial charge in [-0.25, -0.2) is 0 Å². The zero-order valence-electron chi connectivity index (χ0n) is 7.47. The first kappa shape index (κ1) is 9.07. The molecule has 12 heavy (non-hydrogen) atoms. The molecule has 1 aliphatic heterocycles. The van der Waals surface area contributed by atoms with Crippen molar-refractivity contribution in [1.29, 1.82) is 0 Å². The highest BCUT2D eigenvalue weighted by atomic mass is 16.5. The van der Waals surface area contributed by atoms with Crippen LogP contribution in [0, 0.1) is 0 Å². The molecule has 0 amide bonds. The molecule has 0 spiro atoms. The molecular formula is C10H15NO. The van der Waals surface area contributed by atoms with E-state index in [1.54, 1.807) is 6.08 Å². The number of hydrogen-bond donors (Lipinski definition) is 1. The fourth-order valence-corrected chi connectivity index (χ4v) is 1.14. The predicted octanol–water partition coefficient (Wildman–Crippen LogP) is 1.62. The molecule has 0 aliphatic carbocycles. The van der Waals surface area contributed by atoms with E-state index in [0.29, 0.717) is 0 Å². The average Bonchev–Trinajstić information content (AvgIpc) is 2.30. The van der Waals surface area contributed by atoms with Crippen LogP contribution in [0.15, 0.2) is 36.1 Å². The van der Waals surface area contributed by atoms with Gasteiger partial charge in [0.2, 0.25) is 0 Å². The fourth-order valence-electron chi connectivity index (χ4n) is 1.14. The highest BCUT2D eigenvalue weighted by Gasteiger charge is 2.08. The highest BCUT2D eigenvalue weighted by Crippen LogP contribution is 2.12. The first-order chi connectivity index (χ1) is 5.88. The number of rotatable bonds is 1. The van der Waals surface area contributed by atoms with Gasteiger partial charge in [-0.15, -0.1) is 0 Å². The predicted molar refractivity (Wildman–Crippen MR) is 50.9 cm³/mol. The lowest BCUT2D eigenvalue weighted by atomic mass is 10.2. The zero-order chi connectivity index (χ0) is 8.81. The molecule has 2 heteroatoms. The van der Waals surface area contributed by atoms with Crippen molar-refractivity contribution in [1.82, 2.24) is 5.32 Å². The van der Waals surface area contributed by atoms with Crippen LogP contribution in [-0.4, -0.2) is 19.7 Å². The summed E-state index contributed by atoms with van der Waals surface area (Å²) in [6.45, 7) is 8.19. The Hall–Kier alpha value is -1.02. The van der Waals surface area contributed by atoms with Gasteiger partial charge in [-0.3, -0.25) is 0 Å². The SMILES string of the molecule is C=C/C=C1/OCCNC/C1=C/C. The van der Waals surface area contributed by atoms with Crippen LogP contribution in [0.2, 0.25) is 0 Å². The van der Waals surface area contributed by atoms with E-state index in [4.69, 9.17) is 4.74 Å². The third-order valence-electron chi connectivity index (χ3n) is 1.79. The summed E-state index contributed by atoms with van der Waals surface area (Å²) in [7, 11) is 0. The van der Waals surface area contributed by atoms with Crippen molar-refractivity contribution < 1.29 is 4.74 Å².